The Bertz CT molecular complexity index is 863. The fourth-order valence-corrected chi connectivity index (χ4v) is 4.22. The predicted molar refractivity (Wildman–Crippen MR) is 126 cm³/mol. The molecular formula is C24H33ClN2O4. The van der Waals surface area contributed by atoms with Crippen LogP contribution in [0, 0.1) is 5.92 Å². The molecule has 0 radical (unpaired) electrons. The first-order chi connectivity index (χ1) is 14.5. The second kappa shape index (κ2) is 11.3. The van der Waals surface area contributed by atoms with Crippen molar-refractivity contribution in [3.63, 3.8) is 0 Å². The molecule has 0 fully saturated rings. The molecule has 0 saturated heterocycles. The number of carbonyl (C=O) groups excluding carboxylic acids is 1. The first-order valence-electron chi connectivity index (χ1n) is 10.3. The monoisotopic (exact) mass is 448 g/mol. The SMILES string of the molecule is COc1cc(CCC(=O)N2CC(CN(C)C)Cc3ccccc32)cc(OC)c1OC.Cl. The molecular weight excluding hydrogens is 416 g/mol. The van der Waals surface area contributed by atoms with Crippen LogP contribution in [0.4, 0.5) is 5.69 Å². The molecule has 0 aromatic heterocycles. The Hall–Kier alpha value is -2.44. The van der Waals surface area contributed by atoms with E-state index in [0.29, 0.717) is 36.0 Å². The van der Waals surface area contributed by atoms with Crippen LogP contribution in [0.5, 0.6) is 17.2 Å². The summed E-state index contributed by atoms with van der Waals surface area (Å²) < 4.78 is 16.3. The van der Waals surface area contributed by atoms with Crippen molar-refractivity contribution in [2.75, 3.05) is 53.4 Å². The molecule has 31 heavy (non-hydrogen) atoms. The van der Waals surface area contributed by atoms with Gasteiger partial charge >= 0.3 is 0 Å². The molecule has 1 atom stereocenters. The minimum absolute atomic E-state index is 0. The highest BCUT2D eigenvalue weighted by Gasteiger charge is 2.28. The van der Waals surface area contributed by atoms with Gasteiger partial charge in [-0.1, -0.05) is 18.2 Å². The number of hydrogen-bond acceptors (Lipinski definition) is 5. The van der Waals surface area contributed by atoms with Gasteiger partial charge in [0.1, 0.15) is 0 Å². The van der Waals surface area contributed by atoms with E-state index in [1.54, 1.807) is 21.3 Å². The van der Waals surface area contributed by atoms with Crippen molar-refractivity contribution in [2.24, 2.45) is 5.92 Å². The zero-order valence-electron chi connectivity index (χ0n) is 19.0. The van der Waals surface area contributed by atoms with Crippen molar-refractivity contribution in [1.29, 1.82) is 0 Å². The lowest BCUT2D eigenvalue weighted by atomic mass is 9.91. The van der Waals surface area contributed by atoms with E-state index in [0.717, 1.165) is 30.8 Å². The summed E-state index contributed by atoms with van der Waals surface area (Å²) in [7, 11) is 8.94. The van der Waals surface area contributed by atoms with Crippen molar-refractivity contribution >= 4 is 24.0 Å². The number of hydrogen-bond donors (Lipinski definition) is 0. The summed E-state index contributed by atoms with van der Waals surface area (Å²) in [5.74, 6) is 2.34. The van der Waals surface area contributed by atoms with Gasteiger partial charge in [-0.2, -0.15) is 0 Å². The number of benzene rings is 2. The van der Waals surface area contributed by atoms with Crippen molar-refractivity contribution in [2.45, 2.75) is 19.3 Å². The normalized spacial score (nSPS) is 15.2. The number of amides is 1. The first-order valence-corrected chi connectivity index (χ1v) is 10.3. The zero-order chi connectivity index (χ0) is 21.7. The van der Waals surface area contributed by atoms with Gasteiger partial charge in [-0.15, -0.1) is 12.4 Å². The Balaban J connectivity index is 0.00000341. The summed E-state index contributed by atoms with van der Waals surface area (Å²) in [5, 5.41) is 0. The van der Waals surface area contributed by atoms with E-state index in [4.69, 9.17) is 14.2 Å². The molecule has 1 amide bonds. The van der Waals surface area contributed by atoms with E-state index >= 15 is 0 Å². The van der Waals surface area contributed by atoms with Gasteiger partial charge in [0, 0.05) is 25.2 Å². The summed E-state index contributed by atoms with van der Waals surface area (Å²) in [4.78, 5) is 17.4. The van der Waals surface area contributed by atoms with Crippen molar-refractivity contribution in [1.82, 2.24) is 4.90 Å². The third-order valence-corrected chi connectivity index (χ3v) is 5.51. The molecule has 3 rings (SSSR count). The first kappa shape index (κ1) is 24.8. The summed E-state index contributed by atoms with van der Waals surface area (Å²) in [6, 6.07) is 12.1. The van der Waals surface area contributed by atoms with Crippen LogP contribution in [-0.2, 0) is 17.6 Å². The van der Waals surface area contributed by atoms with Gasteiger partial charge in [0.25, 0.3) is 0 Å². The summed E-state index contributed by atoms with van der Waals surface area (Å²) in [5.41, 5.74) is 3.27. The Morgan fingerprint density at radius 2 is 1.71 bits per heavy atom. The Morgan fingerprint density at radius 1 is 1.06 bits per heavy atom. The largest absolute Gasteiger partial charge is 0.493 e. The summed E-state index contributed by atoms with van der Waals surface area (Å²) in [6.45, 7) is 1.72. The van der Waals surface area contributed by atoms with Gasteiger partial charge in [-0.3, -0.25) is 4.79 Å². The second-order valence-corrected chi connectivity index (χ2v) is 8.00. The van der Waals surface area contributed by atoms with E-state index in [1.165, 1.54) is 5.56 Å². The van der Waals surface area contributed by atoms with E-state index in [9.17, 15) is 4.79 Å². The quantitative estimate of drug-likeness (QED) is 0.614. The van der Waals surface area contributed by atoms with Crippen LogP contribution in [0.3, 0.4) is 0 Å². The molecule has 1 heterocycles. The Kier molecular flexibility index (Phi) is 9.01. The number of rotatable bonds is 8. The van der Waals surface area contributed by atoms with Crippen molar-refractivity contribution in [3.8, 4) is 17.2 Å². The fourth-order valence-electron chi connectivity index (χ4n) is 4.22. The molecule has 7 heteroatoms. The van der Waals surface area contributed by atoms with Crippen molar-refractivity contribution in [3.05, 3.63) is 47.5 Å². The molecule has 0 N–H and O–H groups in total. The van der Waals surface area contributed by atoms with E-state index in [1.807, 2.05) is 23.1 Å². The highest BCUT2D eigenvalue weighted by molar-refractivity contribution is 5.94. The number of fused-ring (bicyclic) bond motifs is 1. The molecule has 170 valence electrons. The number of nitrogens with zero attached hydrogens (tertiary/aromatic N) is 2. The smallest absolute Gasteiger partial charge is 0.227 e. The lowest BCUT2D eigenvalue weighted by Crippen LogP contribution is -2.43. The minimum Gasteiger partial charge on any atom is -0.493 e. The highest BCUT2D eigenvalue weighted by atomic mass is 35.5. The van der Waals surface area contributed by atoms with Crippen LogP contribution in [0.2, 0.25) is 0 Å². The van der Waals surface area contributed by atoms with Crippen LogP contribution < -0.4 is 19.1 Å². The van der Waals surface area contributed by atoms with E-state index < -0.39 is 0 Å². The van der Waals surface area contributed by atoms with Gasteiger partial charge in [0.2, 0.25) is 11.7 Å². The zero-order valence-corrected chi connectivity index (χ0v) is 19.8. The standard InChI is InChI=1S/C24H32N2O4.ClH/c1-25(2)15-18-12-19-8-6-7-9-20(19)26(16-18)23(27)11-10-17-13-21(28-3)24(30-5)22(14-17)29-4;/h6-9,13-14,18H,10-12,15-16H2,1-5H3;1H. The average molecular weight is 449 g/mol. The van der Waals surface area contributed by atoms with Crippen molar-refractivity contribution < 1.29 is 19.0 Å². The Labute approximate surface area is 191 Å². The topological polar surface area (TPSA) is 51.2 Å². The second-order valence-electron chi connectivity index (χ2n) is 8.00. The molecule has 0 bridgehead atoms. The highest BCUT2D eigenvalue weighted by Crippen LogP contribution is 2.38. The van der Waals surface area contributed by atoms with Crippen LogP contribution >= 0.6 is 12.4 Å². The third-order valence-electron chi connectivity index (χ3n) is 5.51. The van der Waals surface area contributed by atoms with E-state index in [2.05, 4.69) is 37.2 Å². The minimum atomic E-state index is 0. The average Bonchev–Trinajstić information content (AvgIpc) is 2.75. The molecule has 1 unspecified atom stereocenters. The van der Waals surface area contributed by atoms with Gasteiger partial charge in [-0.05, 0) is 62.2 Å². The third kappa shape index (κ3) is 5.83. The number of aryl methyl sites for hydroxylation is 1. The maximum atomic E-state index is 13.2. The lowest BCUT2D eigenvalue weighted by Gasteiger charge is -2.36. The molecule has 6 nitrogen and oxygen atoms in total. The van der Waals surface area contributed by atoms with Crippen LogP contribution in [0.1, 0.15) is 17.5 Å². The van der Waals surface area contributed by atoms with Crippen LogP contribution in [0.25, 0.3) is 0 Å². The predicted octanol–water partition coefficient (Wildman–Crippen LogP) is 3.83. The summed E-state index contributed by atoms with van der Waals surface area (Å²) >= 11 is 0. The van der Waals surface area contributed by atoms with Gasteiger partial charge in [0.15, 0.2) is 11.5 Å². The lowest BCUT2D eigenvalue weighted by molar-refractivity contribution is -0.118. The molecule has 1 aliphatic rings. The maximum absolute atomic E-state index is 13.2. The van der Waals surface area contributed by atoms with Crippen LogP contribution in [-0.4, -0.2) is 59.3 Å². The van der Waals surface area contributed by atoms with Gasteiger partial charge in [-0.25, -0.2) is 0 Å². The van der Waals surface area contributed by atoms with Gasteiger partial charge < -0.3 is 24.0 Å². The Morgan fingerprint density at radius 3 is 2.29 bits per heavy atom. The molecule has 0 aliphatic carbocycles. The molecule has 0 saturated carbocycles. The van der Waals surface area contributed by atoms with E-state index in [-0.39, 0.29) is 18.3 Å². The molecule has 0 spiro atoms. The number of para-hydroxylation sites is 1. The van der Waals surface area contributed by atoms with Crippen LogP contribution in [0.15, 0.2) is 36.4 Å². The molecule has 1 aliphatic heterocycles. The summed E-state index contributed by atoms with van der Waals surface area (Å²) in [6.07, 6.45) is 2.03. The maximum Gasteiger partial charge on any atom is 0.227 e. The number of anilines is 1. The van der Waals surface area contributed by atoms with Gasteiger partial charge in [0.05, 0.1) is 21.3 Å². The number of ether oxygens (including phenoxy) is 3. The number of carbonyl (C=O) groups is 1. The fraction of sp³-hybridized carbons (Fsp3) is 0.458. The molecule has 2 aromatic carbocycles. The number of halogens is 1. The number of methoxy groups -OCH3 is 3. The molecule has 2 aromatic rings.